The number of benzene rings is 1. The van der Waals surface area contributed by atoms with Crippen LogP contribution in [0.1, 0.15) is 12.8 Å². The molecule has 1 heterocycles. The average molecular weight is 400 g/mol. The van der Waals surface area contributed by atoms with Gasteiger partial charge in [0.15, 0.2) is 0 Å². The number of piperidine rings is 1. The van der Waals surface area contributed by atoms with Gasteiger partial charge in [-0.3, -0.25) is 0 Å². The summed E-state index contributed by atoms with van der Waals surface area (Å²) < 4.78 is 32.5. The number of hydrogen-bond donors (Lipinski definition) is 1. The Kier molecular flexibility index (Phi) is 6.93. The molecule has 1 saturated heterocycles. The van der Waals surface area contributed by atoms with Crippen molar-refractivity contribution in [1.82, 2.24) is 4.31 Å². The van der Waals surface area contributed by atoms with Crippen molar-refractivity contribution < 1.29 is 13.2 Å². The highest BCUT2D eigenvalue weighted by atomic mass is 79.9. The molecule has 5 nitrogen and oxygen atoms in total. The summed E-state index contributed by atoms with van der Waals surface area (Å²) in [7, 11) is -1.97. The lowest BCUT2D eigenvalue weighted by Gasteiger charge is -2.30. The van der Waals surface area contributed by atoms with Crippen LogP contribution in [0.2, 0.25) is 0 Å². The first-order chi connectivity index (χ1) is 9.48. The molecule has 0 unspecified atom stereocenters. The summed E-state index contributed by atoms with van der Waals surface area (Å²) in [5, 5.41) is 0. The molecule has 1 aliphatic heterocycles. The monoisotopic (exact) mass is 398 g/mol. The molecule has 0 bridgehead atoms. The quantitative estimate of drug-likeness (QED) is 0.843. The normalized spacial score (nSPS) is 17.3. The molecule has 8 heteroatoms. The van der Waals surface area contributed by atoms with Crippen LogP contribution in [0.4, 0.5) is 0 Å². The molecule has 0 atom stereocenters. The second-order valence-corrected chi connectivity index (χ2v) is 7.64. The Morgan fingerprint density at radius 1 is 1.38 bits per heavy atom. The second kappa shape index (κ2) is 7.78. The van der Waals surface area contributed by atoms with Crippen LogP contribution in [0.25, 0.3) is 0 Å². The van der Waals surface area contributed by atoms with Crippen LogP contribution >= 0.6 is 28.3 Å². The molecule has 21 heavy (non-hydrogen) atoms. The Balaban J connectivity index is 0.00000220. The molecule has 0 spiro atoms. The average Bonchev–Trinajstić information content (AvgIpc) is 2.47. The molecule has 0 amide bonds. The maximum absolute atomic E-state index is 12.7. The fraction of sp³-hybridized carbons (Fsp3) is 0.538. The topological polar surface area (TPSA) is 72.6 Å². The van der Waals surface area contributed by atoms with Crippen LogP contribution in [0.5, 0.6) is 5.75 Å². The zero-order chi connectivity index (χ0) is 14.8. The molecule has 1 aromatic carbocycles. The molecule has 1 fully saturated rings. The number of nitrogens with two attached hydrogens (primary N) is 1. The van der Waals surface area contributed by atoms with Crippen molar-refractivity contribution >= 4 is 38.4 Å². The predicted molar refractivity (Wildman–Crippen MR) is 88.5 cm³/mol. The van der Waals surface area contributed by atoms with Crippen molar-refractivity contribution in [3.63, 3.8) is 0 Å². The molecule has 0 saturated carbocycles. The molecule has 2 N–H and O–H groups in total. The fourth-order valence-electron chi connectivity index (χ4n) is 2.33. The maximum atomic E-state index is 12.7. The minimum absolute atomic E-state index is 0. The number of nitrogens with zero attached hydrogens (tertiary/aromatic N) is 1. The summed E-state index contributed by atoms with van der Waals surface area (Å²) in [6, 6.07) is 4.97. The van der Waals surface area contributed by atoms with Crippen molar-refractivity contribution in [3.8, 4) is 5.75 Å². The Morgan fingerprint density at radius 2 is 2.00 bits per heavy atom. The van der Waals surface area contributed by atoms with E-state index in [4.69, 9.17) is 10.5 Å². The standard InChI is InChI=1S/C13H19BrN2O3S.ClH/c1-19-11-2-3-12(14)13(8-11)20(17,18)16-6-4-10(9-15)5-7-16;/h2-3,8,10H,4-7,9,15H2,1H3;1H. The zero-order valence-corrected chi connectivity index (χ0v) is 15.0. The van der Waals surface area contributed by atoms with E-state index in [0.29, 0.717) is 35.8 Å². The number of halogens is 2. The largest absolute Gasteiger partial charge is 0.497 e. The van der Waals surface area contributed by atoms with Crippen molar-refractivity contribution in [2.75, 3.05) is 26.7 Å². The Bertz CT molecular complexity index is 575. The Hall–Kier alpha value is -0.340. The summed E-state index contributed by atoms with van der Waals surface area (Å²) in [6.45, 7) is 1.67. The number of rotatable bonds is 4. The first kappa shape index (κ1) is 18.7. The minimum Gasteiger partial charge on any atom is -0.497 e. The number of sulfonamides is 1. The highest BCUT2D eigenvalue weighted by molar-refractivity contribution is 9.10. The van der Waals surface area contributed by atoms with E-state index >= 15 is 0 Å². The van der Waals surface area contributed by atoms with Crippen LogP contribution in [0, 0.1) is 5.92 Å². The van der Waals surface area contributed by atoms with E-state index in [2.05, 4.69) is 15.9 Å². The lowest BCUT2D eigenvalue weighted by atomic mass is 9.99. The molecule has 0 aliphatic carbocycles. The molecular formula is C13H20BrClN2O3S. The van der Waals surface area contributed by atoms with Gasteiger partial charge in [0.1, 0.15) is 10.6 Å². The maximum Gasteiger partial charge on any atom is 0.244 e. The van der Waals surface area contributed by atoms with Crippen LogP contribution in [-0.4, -0.2) is 39.5 Å². The predicted octanol–water partition coefficient (Wildman–Crippen LogP) is 2.24. The lowest BCUT2D eigenvalue weighted by molar-refractivity contribution is 0.278. The van der Waals surface area contributed by atoms with Gasteiger partial charge >= 0.3 is 0 Å². The molecule has 120 valence electrons. The number of methoxy groups -OCH3 is 1. The third-order valence-electron chi connectivity index (χ3n) is 3.66. The summed E-state index contributed by atoms with van der Waals surface area (Å²) in [4.78, 5) is 0.253. The van der Waals surface area contributed by atoms with E-state index in [1.165, 1.54) is 11.4 Å². The van der Waals surface area contributed by atoms with Crippen LogP contribution in [-0.2, 0) is 10.0 Å². The van der Waals surface area contributed by atoms with Gasteiger partial charge < -0.3 is 10.5 Å². The van der Waals surface area contributed by atoms with Gasteiger partial charge in [-0.15, -0.1) is 12.4 Å². The first-order valence-corrected chi connectivity index (χ1v) is 8.76. The van der Waals surface area contributed by atoms with Gasteiger partial charge in [0, 0.05) is 23.6 Å². The van der Waals surface area contributed by atoms with Crippen LogP contribution in [0.3, 0.4) is 0 Å². The Morgan fingerprint density at radius 3 is 2.52 bits per heavy atom. The second-order valence-electron chi connectivity index (χ2n) is 4.88. The summed E-state index contributed by atoms with van der Waals surface area (Å²) >= 11 is 3.31. The van der Waals surface area contributed by atoms with E-state index < -0.39 is 10.0 Å². The lowest BCUT2D eigenvalue weighted by Crippen LogP contribution is -2.40. The van der Waals surface area contributed by atoms with E-state index in [1.54, 1.807) is 18.2 Å². The van der Waals surface area contributed by atoms with Gasteiger partial charge in [-0.05, 0) is 53.4 Å². The number of ether oxygens (including phenoxy) is 1. The van der Waals surface area contributed by atoms with Gasteiger partial charge in [0.25, 0.3) is 0 Å². The highest BCUT2D eigenvalue weighted by Crippen LogP contribution is 2.31. The summed E-state index contributed by atoms with van der Waals surface area (Å²) in [6.07, 6.45) is 1.63. The number of hydrogen-bond acceptors (Lipinski definition) is 4. The fourth-order valence-corrected chi connectivity index (χ4v) is 4.74. The molecule has 2 rings (SSSR count). The molecule has 0 aromatic heterocycles. The van der Waals surface area contributed by atoms with E-state index in [0.717, 1.165) is 12.8 Å². The molecule has 1 aliphatic rings. The zero-order valence-electron chi connectivity index (χ0n) is 11.8. The minimum atomic E-state index is -3.49. The van der Waals surface area contributed by atoms with Crippen molar-refractivity contribution in [2.45, 2.75) is 17.7 Å². The smallest absolute Gasteiger partial charge is 0.244 e. The van der Waals surface area contributed by atoms with Gasteiger partial charge in [0.05, 0.1) is 7.11 Å². The molecular weight excluding hydrogens is 380 g/mol. The summed E-state index contributed by atoms with van der Waals surface area (Å²) in [5.41, 5.74) is 5.64. The third-order valence-corrected chi connectivity index (χ3v) is 6.56. The molecule has 0 radical (unpaired) electrons. The van der Waals surface area contributed by atoms with Crippen molar-refractivity contribution in [1.29, 1.82) is 0 Å². The van der Waals surface area contributed by atoms with Crippen LogP contribution in [0.15, 0.2) is 27.6 Å². The first-order valence-electron chi connectivity index (χ1n) is 6.52. The summed E-state index contributed by atoms with van der Waals surface area (Å²) in [5.74, 6) is 0.957. The van der Waals surface area contributed by atoms with Gasteiger partial charge in [0.2, 0.25) is 10.0 Å². The highest BCUT2D eigenvalue weighted by Gasteiger charge is 2.30. The van der Waals surface area contributed by atoms with E-state index in [-0.39, 0.29) is 17.3 Å². The van der Waals surface area contributed by atoms with Gasteiger partial charge in [-0.25, -0.2) is 8.42 Å². The van der Waals surface area contributed by atoms with E-state index in [9.17, 15) is 8.42 Å². The van der Waals surface area contributed by atoms with E-state index in [1.807, 2.05) is 0 Å². The Labute approximate surface area is 140 Å². The SMILES string of the molecule is COc1ccc(Br)c(S(=O)(=O)N2CCC(CN)CC2)c1.Cl. The van der Waals surface area contributed by atoms with Gasteiger partial charge in [-0.2, -0.15) is 4.31 Å². The van der Waals surface area contributed by atoms with Crippen molar-refractivity contribution in [3.05, 3.63) is 22.7 Å². The van der Waals surface area contributed by atoms with Crippen molar-refractivity contribution in [2.24, 2.45) is 11.7 Å². The third kappa shape index (κ3) is 4.10. The molecule has 1 aromatic rings. The van der Waals surface area contributed by atoms with Gasteiger partial charge in [-0.1, -0.05) is 0 Å². The van der Waals surface area contributed by atoms with Crippen LogP contribution < -0.4 is 10.5 Å².